The van der Waals surface area contributed by atoms with E-state index in [1.54, 1.807) is 31.3 Å². The highest BCUT2D eigenvalue weighted by molar-refractivity contribution is 5.38. The maximum absolute atomic E-state index is 13.5. The van der Waals surface area contributed by atoms with E-state index < -0.39 is 0 Å². The standard InChI is InChI=1S/C16H15FN2O/c1-11-10-19(16(20)14(9-18)12(11)2)8-7-13-5-3-4-6-15(13)17/h3-6,10H,7-8H2,1-2H3. The Labute approximate surface area is 116 Å². The van der Waals surface area contributed by atoms with Crippen molar-refractivity contribution in [1.29, 1.82) is 5.26 Å². The summed E-state index contributed by atoms with van der Waals surface area (Å²) in [5.74, 6) is -0.273. The number of rotatable bonds is 3. The molecule has 3 nitrogen and oxygen atoms in total. The van der Waals surface area contributed by atoms with Crippen LogP contribution in [-0.2, 0) is 13.0 Å². The summed E-state index contributed by atoms with van der Waals surface area (Å²) in [5, 5.41) is 9.05. The first kappa shape index (κ1) is 14.0. The van der Waals surface area contributed by atoms with Crippen molar-refractivity contribution in [2.24, 2.45) is 0 Å². The molecule has 1 aromatic carbocycles. The Morgan fingerprint density at radius 1 is 1.30 bits per heavy atom. The molecule has 20 heavy (non-hydrogen) atoms. The second-order valence-electron chi connectivity index (χ2n) is 4.76. The topological polar surface area (TPSA) is 45.8 Å². The van der Waals surface area contributed by atoms with Crippen LogP contribution in [0.15, 0.2) is 35.3 Å². The summed E-state index contributed by atoms with van der Waals surface area (Å²) in [5.41, 5.74) is 2.01. The Bertz CT molecular complexity index is 741. The summed E-state index contributed by atoms with van der Waals surface area (Å²) in [6.07, 6.45) is 2.14. The largest absolute Gasteiger partial charge is 0.314 e. The van der Waals surface area contributed by atoms with E-state index in [-0.39, 0.29) is 16.9 Å². The predicted molar refractivity (Wildman–Crippen MR) is 75.0 cm³/mol. The molecule has 0 fully saturated rings. The van der Waals surface area contributed by atoms with E-state index in [0.29, 0.717) is 24.1 Å². The quantitative estimate of drug-likeness (QED) is 0.860. The van der Waals surface area contributed by atoms with Crippen LogP contribution in [-0.4, -0.2) is 4.57 Å². The van der Waals surface area contributed by atoms with E-state index in [4.69, 9.17) is 5.26 Å². The van der Waals surface area contributed by atoms with Gasteiger partial charge in [0.05, 0.1) is 0 Å². The molecule has 1 aromatic heterocycles. The van der Waals surface area contributed by atoms with Gasteiger partial charge < -0.3 is 4.57 Å². The Kier molecular flexibility index (Phi) is 3.99. The number of hydrogen-bond donors (Lipinski definition) is 0. The molecule has 4 heteroatoms. The fourth-order valence-corrected chi connectivity index (χ4v) is 2.13. The SMILES string of the molecule is Cc1cn(CCc2ccccc2F)c(=O)c(C#N)c1C. The molecule has 0 radical (unpaired) electrons. The van der Waals surface area contributed by atoms with Crippen molar-refractivity contribution in [3.8, 4) is 6.07 Å². The number of nitriles is 1. The zero-order valence-corrected chi connectivity index (χ0v) is 11.5. The lowest BCUT2D eigenvalue weighted by atomic mass is 10.1. The van der Waals surface area contributed by atoms with E-state index in [9.17, 15) is 9.18 Å². The first-order chi connectivity index (χ1) is 9.54. The highest BCUT2D eigenvalue weighted by atomic mass is 19.1. The van der Waals surface area contributed by atoms with E-state index in [1.165, 1.54) is 10.6 Å². The first-order valence-corrected chi connectivity index (χ1v) is 6.38. The molecule has 0 atom stereocenters. The lowest BCUT2D eigenvalue weighted by Crippen LogP contribution is -2.25. The van der Waals surface area contributed by atoms with Crippen molar-refractivity contribution in [1.82, 2.24) is 4.57 Å². The highest BCUT2D eigenvalue weighted by Gasteiger charge is 2.10. The Balaban J connectivity index is 2.32. The summed E-state index contributed by atoms with van der Waals surface area (Å²) in [7, 11) is 0. The molecule has 0 saturated carbocycles. The molecule has 0 amide bonds. The zero-order valence-electron chi connectivity index (χ0n) is 11.5. The maximum Gasteiger partial charge on any atom is 0.268 e. The summed E-state index contributed by atoms with van der Waals surface area (Å²) < 4.78 is 15.0. The summed E-state index contributed by atoms with van der Waals surface area (Å²) in [6, 6.07) is 8.45. The summed E-state index contributed by atoms with van der Waals surface area (Å²) in [4.78, 5) is 12.1. The zero-order chi connectivity index (χ0) is 14.7. The first-order valence-electron chi connectivity index (χ1n) is 6.38. The van der Waals surface area contributed by atoms with Crippen LogP contribution in [0.4, 0.5) is 4.39 Å². The third-order valence-corrected chi connectivity index (χ3v) is 3.48. The molecule has 1 heterocycles. The van der Waals surface area contributed by atoms with Crippen molar-refractivity contribution in [3.05, 3.63) is 68.9 Å². The Morgan fingerprint density at radius 2 is 2.00 bits per heavy atom. The van der Waals surface area contributed by atoms with Gasteiger partial charge in [-0.2, -0.15) is 5.26 Å². The summed E-state index contributed by atoms with van der Waals surface area (Å²) in [6.45, 7) is 3.97. The van der Waals surface area contributed by atoms with Crippen LogP contribution in [0.1, 0.15) is 22.3 Å². The summed E-state index contributed by atoms with van der Waals surface area (Å²) >= 11 is 0. The molecular weight excluding hydrogens is 255 g/mol. The molecule has 102 valence electrons. The third kappa shape index (κ3) is 2.62. The minimum absolute atomic E-state index is 0.165. The fourth-order valence-electron chi connectivity index (χ4n) is 2.13. The molecule has 0 N–H and O–H groups in total. The predicted octanol–water partition coefficient (Wildman–Crippen LogP) is 2.72. The van der Waals surface area contributed by atoms with E-state index >= 15 is 0 Å². The second-order valence-corrected chi connectivity index (χ2v) is 4.76. The van der Waals surface area contributed by atoms with Gasteiger partial charge in [-0.05, 0) is 43.0 Å². The molecule has 0 aliphatic heterocycles. The van der Waals surface area contributed by atoms with Crippen LogP contribution in [0.25, 0.3) is 0 Å². The minimum atomic E-state index is -0.313. The van der Waals surface area contributed by atoms with Crippen LogP contribution >= 0.6 is 0 Å². The van der Waals surface area contributed by atoms with Gasteiger partial charge in [0.15, 0.2) is 0 Å². The smallest absolute Gasteiger partial charge is 0.268 e. The molecule has 0 saturated heterocycles. The molecule has 2 aromatic rings. The van der Waals surface area contributed by atoms with Crippen molar-refractivity contribution >= 4 is 0 Å². The van der Waals surface area contributed by atoms with Crippen molar-refractivity contribution in [3.63, 3.8) is 0 Å². The van der Waals surface area contributed by atoms with Crippen LogP contribution in [0.5, 0.6) is 0 Å². The number of hydrogen-bond acceptors (Lipinski definition) is 2. The molecule has 0 spiro atoms. The number of aromatic nitrogens is 1. The van der Waals surface area contributed by atoms with Crippen molar-refractivity contribution < 1.29 is 4.39 Å². The van der Waals surface area contributed by atoms with Gasteiger partial charge >= 0.3 is 0 Å². The molecule has 0 aliphatic rings. The third-order valence-electron chi connectivity index (χ3n) is 3.48. The van der Waals surface area contributed by atoms with Crippen LogP contribution in [0.3, 0.4) is 0 Å². The highest BCUT2D eigenvalue weighted by Crippen LogP contribution is 2.10. The van der Waals surface area contributed by atoms with Gasteiger partial charge in [0.1, 0.15) is 17.4 Å². The van der Waals surface area contributed by atoms with Gasteiger partial charge in [0.25, 0.3) is 5.56 Å². The van der Waals surface area contributed by atoms with Crippen molar-refractivity contribution in [2.45, 2.75) is 26.8 Å². The van der Waals surface area contributed by atoms with Crippen LogP contribution in [0, 0.1) is 31.0 Å². The second kappa shape index (κ2) is 5.70. The van der Waals surface area contributed by atoms with Gasteiger partial charge in [-0.1, -0.05) is 18.2 Å². The van der Waals surface area contributed by atoms with Gasteiger partial charge in [-0.3, -0.25) is 4.79 Å². The lowest BCUT2D eigenvalue weighted by molar-refractivity contribution is 0.588. The van der Waals surface area contributed by atoms with E-state index in [1.807, 2.05) is 13.0 Å². The normalized spacial score (nSPS) is 10.3. The van der Waals surface area contributed by atoms with Gasteiger partial charge in [0, 0.05) is 12.7 Å². The fraction of sp³-hybridized carbons (Fsp3) is 0.250. The number of aryl methyl sites for hydroxylation is 3. The molecule has 2 rings (SSSR count). The maximum atomic E-state index is 13.5. The van der Waals surface area contributed by atoms with Gasteiger partial charge in [-0.25, -0.2) is 4.39 Å². The Hall–Kier alpha value is -2.41. The monoisotopic (exact) mass is 270 g/mol. The van der Waals surface area contributed by atoms with E-state index in [2.05, 4.69) is 0 Å². The number of halogens is 1. The van der Waals surface area contributed by atoms with E-state index in [0.717, 1.165) is 5.56 Å². The van der Waals surface area contributed by atoms with Gasteiger partial charge in [-0.15, -0.1) is 0 Å². The molecule has 0 aliphatic carbocycles. The molecule has 0 unspecified atom stereocenters. The molecular formula is C16H15FN2O. The number of pyridine rings is 1. The van der Waals surface area contributed by atoms with Crippen molar-refractivity contribution in [2.75, 3.05) is 0 Å². The Morgan fingerprint density at radius 3 is 2.65 bits per heavy atom. The number of benzene rings is 1. The lowest BCUT2D eigenvalue weighted by Gasteiger charge is -2.10. The minimum Gasteiger partial charge on any atom is -0.314 e. The number of nitrogens with zero attached hydrogens (tertiary/aromatic N) is 2. The average molecular weight is 270 g/mol. The van der Waals surface area contributed by atoms with Gasteiger partial charge in [0.2, 0.25) is 0 Å². The molecule has 0 bridgehead atoms. The van der Waals surface area contributed by atoms with Crippen LogP contribution in [0.2, 0.25) is 0 Å². The average Bonchev–Trinajstić information content (AvgIpc) is 2.44. The van der Waals surface area contributed by atoms with Crippen LogP contribution < -0.4 is 5.56 Å².